The summed E-state index contributed by atoms with van der Waals surface area (Å²) in [6, 6.07) is -0.554. The molecule has 0 aliphatic heterocycles. The van der Waals surface area contributed by atoms with Crippen molar-refractivity contribution in [2.75, 3.05) is 19.3 Å². The normalized spacial score (nSPS) is 18.1. The minimum atomic E-state index is -3.22. The minimum Gasteiger partial charge on any atom is -0.480 e. The van der Waals surface area contributed by atoms with Crippen LogP contribution in [0.15, 0.2) is 0 Å². The molecule has 9 heteroatoms. The summed E-state index contributed by atoms with van der Waals surface area (Å²) in [7, 11) is -3.22. The highest BCUT2D eigenvalue weighted by Crippen LogP contribution is 2.39. The second kappa shape index (κ2) is 6.40. The Balaban J connectivity index is 2.28. The lowest BCUT2D eigenvalue weighted by Gasteiger charge is -2.26. The van der Waals surface area contributed by atoms with Crippen LogP contribution >= 0.6 is 0 Å². The molecule has 116 valence electrons. The molecule has 1 rings (SSSR count). The Bertz CT molecular complexity index is 474. The molecule has 0 bridgehead atoms. The highest BCUT2D eigenvalue weighted by atomic mass is 32.2. The van der Waals surface area contributed by atoms with Crippen molar-refractivity contribution < 1.29 is 23.1 Å². The molecular formula is C11H21N3O5S. The number of rotatable bonds is 8. The minimum absolute atomic E-state index is 0.0300. The topological polar surface area (TPSA) is 125 Å². The van der Waals surface area contributed by atoms with E-state index >= 15 is 0 Å². The third kappa shape index (κ3) is 5.33. The first-order valence-electron chi connectivity index (χ1n) is 6.39. The number of hydrogen-bond acceptors (Lipinski definition) is 4. The number of nitrogens with one attached hydrogen (secondary N) is 3. The standard InChI is InChI=1S/C11H21N3O5S/c1-11(9(15)16,8-4-5-8)14-10(17)12-6-3-7-13-20(2,18)19/h8,13H,3-7H2,1-2H3,(H,15,16)(H2,12,14,17). The van der Waals surface area contributed by atoms with Gasteiger partial charge in [-0.1, -0.05) is 0 Å². The molecule has 0 heterocycles. The van der Waals surface area contributed by atoms with E-state index in [2.05, 4.69) is 15.4 Å². The van der Waals surface area contributed by atoms with Gasteiger partial charge in [0.2, 0.25) is 10.0 Å². The molecule has 0 aromatic carbocycles. The van der Waals surface area contributed by atoms with Crippen molar-refractivity contribution in [3.05, 3.63) is 0 Å². The molecule has 1 aliphatic carbocycles. The van der Waals surface area contributed by atoms with Crippen molar-refractivity contribution in [2.45, 2.75) is 31.7 Å². The predicted molar refractivity (Wildman–Crippen MR) is 72.8 cm³/mol. The van der Waals surface area contributed by atoms with E-state index in [1.807, 2.05) is 0 Å². The predicted octanol–water partition coefficient (Wildman–Crippen LogP) is -0.522. The third-order valence-corrected chi connectivity index (χ3v) is 3.94. The van der Waals surface area contributed by atoms with Gasteiger partial charge in [0.1, 0.15) is 5.54 Å². The van der Waals surface area contributed by atoms with Gasteiger partial charge >= 0.3 is 12.0 Å². The zero-order valence-electron chi connectivity index (χ0n) is 11.6. The monoisotopic (exact) mass is 307 g/mol. The first kappa shape index (κ1) is 16.7. The second-order valence-corrected chi connectivity index (χ2v) is 7.02. The average Bonchev–Trinajstić information content (AvgIpc) is 3.10. The van der Waals surface area contributed by atoms with Gasteiger partial charge in [0, 0.05) is 13.1 Å². The third-order valence-electron chi connectivity index (χ3n) is 3.21. The second-order valence-electron chi connectivity index (χ2n) is 5.18. The largest absolute Gasteiger partial charge is 0.480 e. The molecule has 1 aliphatic rings. The summed E-state index contributed by atoms with van der Waals surface area (Å²) in [4.78, 5) is 22.8. The van der Waals surface area contributed by atoms with Crippen LogP contribution in [0.3, 0.4) is 0 Å². The van der Waals surface area contributed by atoms with Gasteiger partial charge in [0.05, 0.1) is 6.26 Å². The van der Waals surface area contributed by atoms with Gasteiger partial charge in [-0.25, -0.2) is 22.7 Å². The lowest BCUT2D eigenvalue weighted by molar-refractivity contribution is -0.144. The van der Waals surface area contributed by atoms with Crippen LogP contribution in [0, 0.1) is 5.92 Å². The molecule has 4 N–H and O–H groups in total. The summed E-state index contributed by atoms with van der Waals surface area (Å²) in [6.07, 6.45) is 3.07. The van der Waals surface area contributed by atoms with Crippen LogP contribution in [0.2, 0.25) is 0 Å². The van der Waals surface area contributed by atoms with E-state index in [1.54, 1.807) is 0 Å². The Morgan fingerprint density at radius 1 is 1.30 bits per heavy atom. The summed E-state index contributed by atoms with van der Waals surface area (Å²) in [6.45, 7) is 1.98. The Hall–Kier alpha value is -1.35. The van der Waals surface area contributed by atoms with E-state index in [1.165, 1.54) is 6.92 Å². The number of carboxylic acids is 1. The van der Waals surface area contributed by atoms with Gasteiger partial charge in [-0.15, -0.1) is 0 Å². The highest BCUT2D eigenvalue weighted by molar-refractivity contribution is 7.88. The van der Waals surface area contributed by atoms with Crippen LogP contribution in [0.25, 0.3) is 0 Å². The van der Waals surface area contributed by atoms with Gasteiger partial charge in [-0.3, -0.25) is 0 Å². The molecule has 1 unspecified atom stereocenters. The van der Waals surface area contributed by atoms with Gasteiger partial charge in [-0.2, -0.15) is 0 Å². The fourth-order valence-corrected chi connectivity index (χ4v) is 2.33. The van der Waals surface area contributed by atoms with E-state index in [0.717, 1.165) is 19.1 Å². The number of carbonyl (C=O) groups is 2. The van der Waals surface area contributed by atoms with Crippen molar-refractivity contribution in [3.63, 3.8) is 0 Å². The van der Waals surface area contributed by atoms with Gasteiger partial charge < -0.3 is 15.7 Å². The van der Waals surface area contributed by atoms with E-state index in [-0.39, 0.29) is 19.0 Å². The van der Waals surface area contributed by atoms with Gasteiger partial charge in [0.25, 0.3) is 0 Å². The van der Waals surface area contributed by atoms with Crippen LogP contribution in [0.1, 0.15) is 26.2 Å². The van der Waals surface area contributed by atoms with E-state index in [9.17, 15) is 23.1 Å². The Morgan fingerprint density at radius 2 is 1.90 bits per heavy atom. The Morgan fingerprint density at radius 3 is 2.35 bits per heavy atom. The van der Waals surface area contributed by atoms with Crippen molar-refractivity contribution in [3.8, 4) is 0 Å². The van der Waals surface area contributed by atoms with Crippen LogP contribution in [-0.2, 0) is 14.8 Å². The van der Waals surface area contributed by atoms with Crippen molar-refractivity contribution in [1.29, 1.82) is 0 Å². The summed E-state index contributed by atoms with van der Waals surface area (Å²) < 4.78 is 23.9. The van der Waals surface area contributed by atoms with Gasteiger partial charge in [0.15, 0.2) is 0 Å². The maximum atomic E-state index is 11.6. The molecule has 20 heavy (non-hydrogen) atoms. The fourth-order valence-electron chi connectivity index (χ4n) is 1.82. The van der Waals surface area contributed by atoms with Crippen LogP contribution in [-0.4, -0.2) is 50.4 Å². The quantitative estimate of drug-likeness (QED) is 0.449. The molecule has 0 radical (unpaired) electrons. The molecular weight excluding hydrogens is 286 g/mol. The molecule has 1 saturated carbocycles. The molecule has 0 aromatic heterocycles. The smallest absolute Gasteiger partial charge is 0.329 e. The lowest BCUT2D eigenvalue weighted by atomic mass is 9.96. The lowest BCUT2D eigenvalue weighted by Crippen LogP contribution is -2.56. The average molecular weight is 307 g/mol. The number of aliphatic carboxylic acids is 1. The summed E-state index contributed by atoms with van der Waals surface area (Å²) in [5.41, 5.74) is -1.24. The molecule has 0 aromatic rings. The molecule has 8 nitrogen and oxygen atoms in total. The first-order chi connectivity index (χ1) is 9.15. The molecule has 1 fully saturated rings. The molecule has 0 spiro atoms. The maximum Gasteiger partial charge on any atom is 0.329 e. The highest BCUT2D eigenvalue weighted by Gasteiger charge is 2.48. The maximum absolute atomic E-state index is 11.6. The van der Waals surface area contributed by atoms with Crippen LogP contribution < -0.4 is 15.4 Å². The summed E-state index contributed by atoms with van der Waals surface area (Å²) in [5, 5.41) is 14.2. The van der Waals surface area contributed by atoms with Crippen LogP contribution in [0.4, 0.5) is 4.79 Å². The van der Waals surface area contributed by atoms with E-state index < -0.39 is 27.6 Å². The molecule has 2 amide bonds. The van der Waals surface area contributed by atoms with Crippen molar-refractivity contribution in [2.24, 2.45) is 5.92 Å². The first-order valence-corrected chi connectivity index (χ1v) is 8.28. The van der Waals surface area contributed by atoms with Crippen LogP contribution in [0.5, 0.6) is 0 Å². The number of urea groups is 1. The molecule has 1 atom stereocenters. The summed E-state index contributed by atoms with van der Waals surface area (Å²) in [5.74, 6) is -1.08. The number of hydrogen-bond donors (Lipinski definition) is 4. The van der Waals surface area contributed by atoms with Crippen molar-refractivity contribution >= 4 is 22.0 Å². The number of amides is 2. The van der Waals surface area contributed by atoms with E-state index in [4.69, 9.17) is 0 Å². The SMILES string of the molecule is CC(NC(=O)NCCCNS(C)(=O)=O)(C(=O)O)C1CC1. The van der Waals surface area contributed by atoms with E-state index in [0.29, 0.717) is 6.42 Å². The number of sulfonamides is 1. The number of carbonyl (C=O) groups excluding carboxylic acids is 1. The number of carboxylic acid groups (broad SMARTS) is 1. The zero-order valence-corrected chi connectivity index (χ0v) is 12.4. The molecule has 0 saturated heterocycles. The summed E-state index contributed by atoms with van der Waals surface area (Å²) >= 11 is 0. The van der Waals surface area contributed by atoms with Crippen molar-refractivity contribution in [1.82, 2.24) is 15.4 Å². The zero-order chi connectivity index (χ0) is 15.4. The Kier molecular flexibility index (Phi) is 5.35. The fraction of sp³-hybridized carbons (Fsp3) is 0.818. The Labute approximate surface area is 118 Å². The van der Waals surface area contributed by atoms with Gasteiger partial charge in [-0.05, 0) is 32.1 Å².